The van der Waals surface area contributed by atoms with Crippen molar-refractivity contribution in [2.24, 2.45) is 0 Å². The van der Waals surface area contributed by atoms with E-state index in [-0.39, 0.29) is 0 Å². The Balaban J connectivity index is 1.21. The van der Waals surface area contributed by atoms with Crippen molar-refractivity contribution in [1.82, 2.24) is 15.0 Å². The van der Waals surface area contributed by atoms with Gasteiger partial charge in [-0.25, -0.2) is 15.0 Å². The number of allylic oxidation sites excluding steroid dienone is 1. The molecule has 52 heavy (non-hydrogen) atoms. The number of hydrogen-bond acceptors (Lipinski definition) is 5. The molecule has 0 N–H and O–H groups in total. The van der Waals surface area contributed by atoms with Crippen molar-refractivity contribution in [3.63, 3.8) is 0 Å². The number of para-hydroxylation sites is 1. The lowest BCUT2D eigenvalue weighted by atomic mass is 9.90. The van der Waals surface area contributed by atoms with Crippen molar-refractivity contribution in [1.29, 1.82) is 0 Å². The van der Waals surface area contributed by atoms with Crippen LogP contribution in [0.15, 0.2) is 143 Å². The smallest absolute Gasteiger partial charge is 0.164 e. The first-order chi connectivity index (χ1) is 25.6. The molecule has 0 aliphatic heterocycles. The van der Waals surface area contributed by atoms with Crippen LogP contribution < -0.4 is 0 Å². The van der Waals surface area contributed by atoms with Crippen molar-refractivity contribution >= 4 is 89.2 Å². The lowest BCUT2D eigenvalue weighted by Gasteiger charge is -2.14. The van der Waals surface area contributed by atoms with Gasteiger partial charge >= 0.3 is 0 Å². The number of hydrogen-bond donors (Lipinski definition) is 0. The summed E-state index contributed by atoms with van der Waals surface area (Å²) in [7, 11) is 0. The van der Waals surface area contributed by atoms with Gasteiger partial charge in [-0.2, -0.15) is 0 Å². The fourth-order valence-electron chi connectivity index (χ4n) is 7.47. The Labute approximate surface area is 303 Å². The molecule has 0 aliphatic rings. The average molecular weight is 690 g/mol. The quantitative estimate of drug-likeness (QED) is 0.168. The first-order valence-electron chi connectivity index (χ1n) is 17.1. The average Bonchev–Trinajstić information content (AvgIpc) is 3.74. The summed E-state index contributed by atoms with van der Waals surface area (Å²) in [5, 5.41) is 9.25. The maximum atomic E-state index is 6.34. The Morgan fingerprint density at radius 2 is 1.00 bits per heavy atom. The standard InChI is InChI=1S/C46H28ClN3O2/c1-3-9-31-30(4-2)32-10-5-6-11-33(32)38-22-26(14-18-34(31)38)44-48-45(27-15-19-36-35-12-7-8-13-40(35)51-42(36)23-27)50-46(49-44)28-16-20-37-39-25-29(47)17-21-41(39)52-43(37)24-28/h3-25H,2H2,1H3/b9-3-. The van der Waals surface area contributed by atoms with E-state index in [1.54, 1.807) is 0 Å². The highest BCUT2D eigenvalue weighted by Crippen LogP contribution is 2.38. The van der Waals surface area contributed by atoms with Crippen LogP contribution in [0, 0.1) is 0 Å². The van der Waals surface area contributed by atoms with Gasteiger partial charge in [0.2, 0.25) is 0 Å². The van der Waals surface area contributed by atoms with Crippen molar-refractivity contribution in [2.75, 3.05) is 0 Å². The highest BCUT2D eigenvalue weighted by Gasteiger charge is 2.18. The SMILES string of the molecule is C=Cc1c(/C=C\C)c2ccc(-c3nc(-c4ccc5c(c4)oc4ccccc45)nc(-c4ccc5c(c4)oc4ccc(Cl)cc45)n3)cc2c2ccccc12. The normalized spacial score (nSPS) is 12.0. The maximum absolute atomic E-state index is 6.34. The highest BCUT2D eigenvalue weighted by molar-refractivity contribution is 6.31. The summed E-state index contributed by atoms with van der Waals surface area (Å²) in [6.45, 7) is 6.20. The topological polar surface area (TPSA) is 65.0 Å². The molecule has 0 unspecified atom stereocenters. The lowest BCUT2D eigenvalue weighted by molar-refractivity contribution is 0.668. The Kier molecular flexibility index (Phi) is 6.85. The Morgan fingerprint density at radius 1 is 0.481 bits per heavy atom. The van der Waals surface area contributed by atoms with E-state index in [2.05, 4.69) is 73.3 Å². The van der Waals surface area contributed by atoms with E-state index in [0.717, 1.165) is 93.2 Å². The van der Waals surface area contributed by atoms with Gasteiger partial charge in [-0.15, -0.1) is 0 Å². The number of halogens is 1. The van der Waals surface area contributed by atoms with E-state index in [1.807, 2.05) is 79.7 Å². The van der Waals surface area contributed by atoms with Gasteiger partial charge in [0.1, 0.15) is 22.3 Å². The van der Waals surface area contributed by atoms with Gasteiger partial charge in [-0.3, -0.25) is 0 Å². The molecule has 0 amide bonds. The first kappa shape index (κ1) is 30.3. The van der Waals surface area contributed by atoms with Crippen molar-refractivity contribution in [3.8, 4) is 34.2 Å². The summed E-state index contributed by atoms with van der Waals surface area (Å²) >= 11 is 6.34. The van der Waals surface area contributed by atoms with E-state index in [1.165, 1.54) is 0 Å². The molecule has 6 heteroatoms. The third kappa shape index (κ3) is 4.74. The molecular formula is C46H28ClN3O2. The number of fused-ring (bicyclic) bond motifs is 9. The van der Waals surface area contributed by atoms with Crippen molar-refractivity contribution < 1.29 is 8.83 Å². The van der Waals surface area contributed by atoms with Crippen LogP contribution in [-0.4, -0.2) is 15.0 Å². The largest absolute Gasteiger partial charge is 0.456 e. The number of furan rings is 2. The Bertz CT molecular complexity index is 3130. The Hall–Kier alpha value is -6.56. The molecular weight excluding hydrogens is 662 g/mol. The van der Waals surface area contributed by atoms with Gasteiger partial charge in [0.05, 0.1) is 0 Å². The number of aromatic nitrogens is 3. The molecule has 0 saturated heterocycles. The summed E-state index contributed by atoms with van der Waals surface area (Å²) in [6, 6.07) is 40.8. The van der Waals surface area contributed by atoms with Crippen LogP contribution >= 0.6 is 11.6 Å². The van der Waals surface area contributed by atoms with E-state index in [4.69, 9.17) is 35.4 Å². The second kappa shape index (κ2) is 11.8. The third-order valence-electron chi connectivity index (χ3n) is 9.87. The summed E-state index contributed by atoms with van der Waals surface area (Å²) in [4.78, 5) is 15.3. The van der Waals surface area contributed by atoms with Crippen LogP contribution in [0.5, 0.6) is 0 Å². The van der Waals surface area contributed by atoms with E-state index >= 15 is 0 Å². The van der Waals surface area contributed by atoms with Gasteiger partial charge in [-0.1, -0.05) is 103 Å². The van der Waals surface area contributed by atoms with Gasteiger partial charge in [-0.05, 0) is 94.2 Å². The zero-order valence-electron chi connectivity index (χ0n) is 28.0. The van der Waals surface area contributed by atoms with Crippen LogP contribution in [0.1, 0.15) is 18.1 Å². The fraction of sp³-hybridized carbons (Fsp3) is 0.0217. The zero-order chi connectivity index (χ0) is 34.9. The second-order valence-electron chi connectivity index (χ2n) is 12.9. The molecule has 0 fully saturated rings. The molecule has 5 nitrogen and oxygen atoms in total. The van der Waals surface area contributed by atoms with Gasteiger partial charge < -0.3 is 8.83 Å². The zero-order valence-corrected chi connectivity index (χ0v) is 28.8. The van der Waals surface area contributed by atoms with Gasteiger partial charge in [0.25, 0.3) is 0 Å². The van der Waals surface area contributed by atoms with Crippen LogP contribution in [0.4, 0.5) is 0 Å². The molecule has 0 aliphatic carbocycles. The molecule has 10 rings (SSSR count). The summed E-state index contributed by atoms with van der Waals surface area (Å²) in [5.74, 6) is 1.64. The summed E-state index contributed by atoms with van der Waals surface area (Å²) < 4.78 is 12.5. The van der Waals surface area contributed by atoms with Crippen LogP contribution in [0.3, 0.4) is 0 Å². The van der Waals surface area contributed by atoms with Crippen molar-refractivity contribution in [3.05, 3.63) is 150 Å². The van der Waals surface area contributed by atoms with E-state index in [9.17, 15) is 0 Å². The predicted octanol–water partition coefficient (Wildman–Crippen LogP) is 13.3. The number of benzene rings is 7. The molecule has 7 aromatic carbocycles. The minimum Gasteiger partial charge on any atom is -0.456 e. The molecule has 3 heterocycles. The van der Waals surface area contributed by atoms with Crippen molar-refractivity contribution in [2.45, 2.75) is 6.92 Å². The molecule has 246 valence electrons. The van der Waals surface area contributed by atoms with Gasteiger partial charge in [0, 0.05) is 43.3 Å². The first-order valence-corrected chi connectivity index (χ1v) is 17.5. The van der Waals surface area contributed by atoms with Crippen LogP contribution in [0.2, 0.25) is 5.02 Å². The lowest BCUT2D eigenvalue weighted by Crippen LogP contribution is -2.00. The number of nitrogens with zero attached hydrogens (tertiary/aromatic N) is 3. The second-order valence-corrected chi connectivity index (χ2v) is 13.3. The summed E-state index contributed by atoms with van der Waals surface area (Å²) in [6.07, 6.45) is 6.17. The highest BCUT2D eigenvalue weighted by atomic mass is 35.5. The molecule has 0 bridgehead atoms. The molecule has 0 atom stereocenters. The third-order valence-corrected chi connectivity index (χ3v) is 10.1. The minimum atomic E-state index is 0.534. The Morgan fingerprint density at radius 3 is 1.65 bits per heavy atom. The molecule has 0 saturated carbocycles. The molecule has 0 spiro atoms. The fourth-order valence-corrected chi connectivity index (χ4v) is 7.64. The summed E-state index contributed by atoms with van der Waals surface area (Å²) in [5.41, 5.74) is 7.88. The van der Waals surface area contributed by atoms with E-state index in [0.29, 0.717) is 22.5 Å². The molecule has 10 aromatic rings. The molecule has 0 radical (unpaired) electrons. The monoisotopic (exact) mass is 689 g/mol. The van der Waals surface area contributed by atoms with Crippen LogP contribution in [-0.2, 0) is 0 Å². The molecule has 3 aromatic heterocycles. The van der Waals surface area contributed by atoms with E-state index < -0.39 is 0 Å². The van der Waals surface area contributed by atoms with Gasteiger partial charge in [0.15, 0.2) is 17.5 Å². The maximum Gasteiger partial charge on any atom is 0.164 e. The minimum absolute atomic E-state index is 0.534. The van der Waals surface area contributed by atoms with Crippen LogP contribution in [0.25, 0.3) is 112 Å². The predicted molar refractivity (Wildman–Crippen MR) is 216 cm³/mol. The number of rotatable bonds is 5.